The van der Waals surface area contributed by atoms with Gasteiger partial charge in [0.05, 0.1) is 25.2 Å². The van der Waals surface area contributed by atoms with E-state index in [1.807, 2.05) is 36.4 Å². The van der Waals surface area contributed by atoms with Crippen LogP contribution in [0.25, 0.3) is 10.8 Å². The monoisotopic (exact) mass is 372 g/mol. The first-order valence-corrected chi connectivity index (χ1v) is 9.81. The smallest absolute Gasteiger partial charge is 0.254 e. The Morgan fingerprint density at radius 3 is 2.36 bits per heavy atom. The highest BCUT2D eigenvalue weighted by molar-refractivity contribution is 6.08. The maximum absolute atomic E-state index is 13.1. The van der Waals surface area contributed by atoms with E-state index in [9.17, 15) is 9.59 Å². The Bertz CT molecular complexity index is 1060. The molecule has 0 unspecified atom stereocenters. The largest absolute Gasteiger partial charge is 0.496 e. The summed E-state index contributed by atoms with van der Waals surface area (Å²) in [6.45, 7) is 0. The minimum atomic E-state index is -0.225. The molecule has 0 radical (unpaired) electrons. The number of nitrogens with zero attached hydrogens (tertiary/aromatic N) is 2. The molecule has 5 nitrogen and oxygen atoms in total. The third kappa shape index (κ3) is 1.84. The van der Waals surface area contributed by atoms with Crippen molar-refractivity contribution in [1.82, 2.24) is 5.01 Å². The molecule has 2 amide bonds. The van der Waals surface area contributed by atoms with E-state index in [1.165, 1.54) is 0 Å². The van der Waals surface area contributed by atoms with E-state index in [2.05, 4.69) is 17.3 Å². The van der Waals surface area contributed by atoms with Crippen LogP contribution in [0.5, 0.6) is 5.75 Å². The van der Waals surface area contributed by atoms with Gasteiger partial charge in [-0.1, -0.05) is 42.5 Å². The van der Waals surface area contributed by atoms with Crippen LogP contribution in [0.2, 0.25) is 0 Å². The van der Waals surface area contributed by atoms with Crippen molar-refractivity contribution < 1.29 is 14.3 Å². The molecule has 1 aliphatic heterocycles. The summed E-state index contributed by atoms with van der Waals surface area (Å²) in [7, 11) is 1.61. The highest BCUT2D eigenvalue weighted by Crippen LogP contribution is 2.73. The number of fused-ring (bicyclic) bond motifs is 4. The van der Waals surface area contributed by atoms with E-state index >= 15 is 0 Å². The molecule has 3 fully saturated rings. The maximum atomic E-state index is 13.1. The van der Waals surface area contributed by atoms with Crippen molar-refractivity contribution in [2.75, 3.05) is 7.11 Å². The summed E-state index contributed by atoms with van der Waals surface area (Å²) in [5, 5.41) is 7.50. The van der Waals surface area contributed by atoms with Gasteiger partial charge in [-0.15, -0.1) is 0 Å². The summed E-state index contributed by atoms with van der Waals surface area (Å²) < 4.78 is 5.49. The van der Waals surface area contributed by atoms with Crippen LogP contribution in [0.3, 0.4) is 0 Å². The van der Waals surface area contributed by atoms with E-state index < -0.39 is 0 Å². The first-order chi connectivity index (χ1) is 13.7. The zero-order valence-electron chi connectivity index (χ0n) is 15.5. The SMILES string of the molecule is COc1ccc2ccccc2c1C=NN1C(=O)[C@H]2[C@H](C1=O)[C@H]1C=C[C@H]2C12CC2. The topological polar surface area (TPSA) is 59.0 Å². The molecule has 6 rings (SSSR count). The van der Waals surface area contributed by atoms with E-state index in [1.54, 1.807) is 13.3 Å². The molecule has 1 spiro atoms. The molecule has 2 aromatic carbocycles. The van der Waals surface area contributed by atoms with Gasteiger partial charge in [0, 0.05) is 5.56 Å². The highest BCUT2D eigenvalue weighted by Gasteiger charge is 2.73. The number of carbonyl (C=O) groups excluding carboxylic acids is 2. The van der Waals surface area contributed by atoms with Crippen molar-refractivity contribution in [3.05, 3.63) is 54.1 Å². The van der Waals surface area contributed by atoms with Crippen LogP contribution in [0.4, 0.5) is 0 Å². The summed E-state index contributed by atoms with van der Waals surface area (Å²) in [5.74, 6) is 0.355. The molecule has 3 aliphatic carbocycles. The van der Waals surface area contributed by atoms with Crippen molar-refractivity contribution in [1.29, 1.82) is 0 Å². The number of rotatable bonds is 3. The number of imide groups is 1. The molecular weight excluding hydrogens is 352 g/mol. The summed E-state index contributed by atoms with van der Waals surface area (Å²) in [4.78, 5) is 26.1. The number of methoxy groups -OCH3 is 1. The Labute approximate surface area is 162 Å². The second kappa shape index (κ2) is 5.31. The fourth-order valence-electron chi connectivity index (χ4n) is 5.88. The first kappa shape index (κ1) is 16.0. The quantitative estimate of drug-likeness (QED) is 0.471. The molecule has 0 N–H and O–H groups in total. The Morgan fingerprint density at radius 1 is 1.04 bits per heavy atom. The summed E-state index contributed by atoms with van der Waals surface area (Å²) >= 11 is 0. The van der Waals surface area contributed by atoms with Gasteiger partial charge in [-0.05, 0) is 46.9 Å². The number of hydrogen-bond donors (Lipinski definition) is 0. The van der Waals surface area contributed by atoms with Crippen LogP contribution in [0.15, 0.2) is 53.7 Å². The number of amides is 2. The number of hydrogen-bond acceptors (Lipinski definition) is 4. The van der Waals surface area contributed by atoms with Gasteiger partial charge < -0.3 is 4.74 Å². The molecule has 140 valence electrons. The predicted octanol–water partition coefficient (Wildman–Crippen LogP) is 3.38. The van der Waals surface area contributed by atoms with E-state index in [0.717, 1.165) is 34.2 Å². The van der Waals surface area contributed by atoms with Crippen LogP contribution in [0.1, 0.15) is 18.4 Å². The number of hydrazone groups is 1. The lowest BCUT2D eigenvalue weighted by Crippen LogP contribution is -2.30. The molecular formula is C23H20N2O3. The second-order valence-corrected chi connectivity index (χ2v) is 8.36. The van der Waals surface area contributed by atoms with Crippen molar-refractivity contribution >= 4 is 28.8 Å². The minimum Gasteiger partial charge on any atom is -0.496 e. The van der Waals surface area contributed by atoms with Crippen LogP contribution in [-0.4, -0.2) is 30.1 Å². The van der Waals surface area contributed by atoms with E-state index in [4.69, 9.17) is 4.74 Å². The van der Waals surface area contributed by atoms with Crippen LogP contribution in [-0.2, 0) is 9.59 Å². The number of allylic oxidation sites excluding steroid dienone is 2. The number of benzene rings is 2. The van der Waals surface area contributed by atoms with Crippen LogP contribution < -0.4 is 4.74 Å². The van der Waals surface area contributed by atoms with Gasteiger partial charge in [0.15, 0.2) is 0 Å². The molecule has 2 aromatic rings. The van der Waals surface area contributed by atoms with Gasteiger partial charge in [0.2, 0.25) is 0 Å². The first-order valence-electron chi connectivity index (χ1n) is 9.81. The lowest BCUT2D eigenvalue weighted by molar-refractivity contribution is -0.141. The van der Waals surface area contributed by atoms with Crippen molar-refractivity contribution in [2.45, 2.75) is 12.8 Å². The Morgan fingerprint density at radius 2 is 1.71 bits per heavy atom. The molecule has 28 heavy (non-hydrogen) atoms. The molecule has 4 atom stereocenters. The molecule has 2 saturated carbocycles. The molecule has 1 heterocycles. The molecule has 0 aromatic heterocycles. The molecule has 4 aliphatic rings. The van der Waals surface area contributed by atoms with Gasteiger partial charge in [-0.25, -0.2) is 0 Å². The van der Waals surface area contributed by atoms with E-state index in [0.29, 0.717) is 5.75 Å². The lowest BCUT2D eigenvalue weighted by Gasteiger charge is -2.18. The average molecular weight is 372 g/mol. The van der Waals surface area contributed by atoms with Gasteiger partial charge in [-0.2, -0.15) is 10.1 Å². The van der Waals surface area contributed by atoms with Crippen molar-refractivity contribution in [3.8, 4) is 5.75 Å². The number of carbonyl (C=O) groups is 2. The Kier molecular flexibility index (Phi) is 3.04. The van der Waals surface area contributed by atoms with Crippen molar-refractivity contribution in [2.24, 2.45) is 34.2 Å². The third-order valence-electron chi connectivity index (χ3n) is 7.28. The van der Waals surface area contributed by atoms with Gasteiger partial charge in [0.25, 0.3) is 11.8 Å². The maximum Gasteiger partial charge on any atom is 0.254 e. The van der Waals surface area contributed by atoms with Crippen LogP contribution in [0, 0.1) is 29.1 Å². The predicted molar refractivity (Wildman–Crippen MR) is 105 cm³/mol. The highest BCUT2D eigenvalue weighted by atomic mass is 16.5. The zero-order valence-corrected chi connectivity index (χ0v) is 15.5. The molecule has 5 heteroatoms. The van der Waals surface area contributed by atoms with Gasteiger partial charge in [-0.3, -0.25) is 9.59 Å². The normalized spacial score (nSPS) is 31.5. The second-order valence-electron chi connectivity index (χ2n) is 8.36. The third-order valence-corrected chi connectivity index (χ3v) is 7.28. The minimum absolute atomic E-state index is 0.145. The summed E-state index contributed by atoms with van der Waals surface area (Å²) in [5.41, 5.74) is 0.980. The van der Waals surface area contributed by atoms with Crippen molar-refractivity contribution in [3.63, 3.8) is 0 Å². The fourth-order valence-corrected chi connectivity index (χ4v) is 5.88. The molecule has 2 bridgehead atoms. The van der Waals surface area contributed by atoms with Gasteiger partial charge >= 0.3 is 0 Å². The van der Waals surface area contributed by atoms with Gasteiger partial charge in [0.1, 0.15) is 5.75 Å². The lowest BCUT2D eigenvalue weighted by atomic mass is 9.85. The Hall–Kier alpha value is -2.95. The fraction of sp³-hybridized carbons (Fsp3) is 0.348. The standard InChI is InChI=1S/C23H20N2O3/c1-28-18-9-6-13-4-2-3-5-14(13)15(18)12-24-25-21(26)19-16-7-8-17(20(19)22(25)27)23(16)10-11-23/h2-9,12,16-17,19-20H,10-11H2,1H3/t16-,17-,19-,20-/m1/s1. The summed E-state index contributed by atoms with van der Waals surface area (Å²) in [6, 6.07) is 11.8. The molecule has 1 saturated heterocycles. The average Bonchev–Trinajstić information content (AvgIpc) is 3.32. The summed E-state index contributed by atoms with van der Waals surface area (Å²) in [6.07, 6.45) is 8.22. The number of ether oxygens (including phenoxy) is 1. The van der Waals surface area contributed by atoms with Crippen LogP contribution >= 0.6 is 0 Å². The van der Waals surface area contributed by atoms with E-state index in [-0.39, 0.29) is 40.9 Å². The zero-order chi connectivity index (χ0) is 19.0. The Balaban J connectivity index is 1.37.